The molecule has 0 saturated heterocycles. The van der Waals surface area contributed by atoms with Crippen LogP contribution in [-0.2, 0) is 11.3 Å². The van der Waals surface area contributed by atoms with Gasteiger partial charge in [0.05, 0.1) is 4.47 Å². The lowest BCUT2D eigenvalue weighted by Crippen LogP contribution is -2.38. The summed E-state index contributed by atoms with van der Waals surface area (Å²) in [6.07, 6.45) is 4.41. The maximum absolute atomic E-state index is 12.5. The van der Waals surface area contributed by atoms with Crippen molar-refractivity contribution in [3.05, 3.63) is 56.8 Å². The number of nitrogens with one attached hydrogen (secondary N) is 2. The number of carbonyl (C=O) groups excluding carboxylic acids is 2. The second-order valence-corrected chi connectivity index (χ2v) is 8.88. The third-order valence-electron chi connectivity index (χ3n) is 5.00. The highest BCUT2D eigenvalue weighted by molar-refractivity contribution is 9.10. The van der Waals surface area contributed by atoms with Crippen molar-refractivity contribution in [2.45, 2.75) is 13.0 Å². The number of halogens is 2. The number of amides is 2. The number of nitrogens with two attached hydrogens (primary N) is 1. The standard InChI is InChI=1S/C20H20Br2N6O2/c21-14-2-1-13-7-17(25-16(13)8-14)20(30)24-9-12-3-5-27(6-4-12)18(29)11-28-10-15(22)19(23)26-28/h1-3,7-8,10,25H,4-6,9,11H2,(H2,23,26)(H,24,30). The van der Waals surface area contributed by atoms with Crippen molar-refractivity contribution in [2.75, 3.05) is 25.4 Å². The molecule has 156 valence electrons. The second kappa shape index (κ2) is 8.65. The van der Waals surface area contributed by atoms with Gasteiger partial charge in [-0.25, -0.2) is 0 Å². The molecule has 2 amide bonds. The molecule has 2 aromatic heterocycles. The summed E-state index contributed by atoms with van der Waals surface area (Å²) < 4.78 is 3.16. The van der Waals surface area contributed by atoms with Crippen molar-refractivity contribution < 1.29 is 9.59 Å². The minimum atomic E-state index is -0.149. The minimum absolute atomic E-state index is 0.0198. The Morgan fingerprint density at radius 3 is 2.80 bits per heavy atom. The predicted octanol–water partition coefficient (Wildman–Crippen LogP) is 3.06. The Bertz CT molecular complexity index is 1130. The van der Waals surface area contributed by atoms with Crippen LogP contribution >= 0.6 is 31.9 Å². The number of fused-ring (bicyclic) bond motifs is 1. The summed E-state index contributed by atoms with van der Waals surface area (Å²) in [4.78, 5) is 29.8. The van der Waals surface area contributed by atoms with Crippen LogP contribution in [0.1, 0.15) is 16.9 Å². The number of aromatic amines is 1. The number of anilines is 1. The lowest BCUT2D eigenvalue weighted by atomic mass is 10.1. The number of nitrogens with zero attached hydrogens (tertiary/aromatic N) is 3. The molecule has 1 aromatic carbocycles. The van der Waals surface area contributed by atoms with E-state index < -0.39 is 0 Å². The largest absolute Gasteiger partial charge is 0.381 e. The van der Waals surface area contributed by atoms with Crippen molar-refractivity contribution in [3.63, 3.8) is 0 Å². The molecule has 1 aliphatic heterocycles. The quantitative estimate of drug-likeness (QED) is 0.436. The van der Waals surface area contributed by atoms with E-state index in [-0.39, 0.29) is 18.4 Å². The predicted molar refractivity (Wildman–Crippen MR) is 122 cm³/mol. The van der Waals surface area contributed by atoms with Gasteiger partial charge >= 0.3 is 0 Å². The van der Waals surface area contributed by atoms with E-state index in [9.17, 15) is 9.59 Å². The van der Waals surface area contributed by atoms with Crippen molar-refractivity contribution in [1.82, 2.24) is 25.0 Å². The van der Waals surface area contributed by atoms with Crippen LogP contribution in [0.2, 0.25) is 0 Å². The zero-order valence-corrected chi connectivity index (χ0v) is 19.2. The number of rotatable bonds is 5. The normalized spacial score (nSPS) is 14.1. The van der Waals surface area contributed by atoms with E-state index in [0.717, 1.165) is 27.4 Å². The summed E-state index contributed by atoms with van der Waals surface area (Å²) in [5.41, 5.74) is 8.24. The first-order valence-electron chi connectivity index (χ1n) is 9.39. The summed E-state index contributed by atoms with van der Waals surface area (Å²) in [6.45, 7) is 1.73. The molecule has 3 heterocycles. The van der Waals surface area contributed by atoms with Crippen LogP contribution in [-0.4, -0.2) is 51.1 Å². The van der Waals surface area contributed by atoms with Gasteiger partial charge in [0.15, 0.2) is 5.82 Å². The third kappa shape index (κ3) is 4.59. The Balaban J connectivity index is 1.30. The number of aromatic nitrogens is 3. The zero-order valence-electron chi connectivity index (χ0n) is 16.0. The minimum Gasteiger partial charge on any atom is -0.381 e. The van der Waals surface area contributed by atoms with Gasteiger partial charge in [0.2, 0.25) is 5.91 Å². The number of hydrogen-bond donors (Lipinski definition) is 3. The van der Waals surface area contributed by atoms with E-state index >= 15 is 0 Å². The summed E-state index contributed by atoms with van der Waals surface area (Å²) in [7, 11) is 0. The second-order valence-electron chi connectivity index (χ2n) is 7.11. The van der Waals surface area contributed by atoms with Crippen LogP contribution in [0.15, 0.2) is 51.1 Å². The van der Waals surface area contributed by atoms with Crippen molar-refractivity contribution in [3.8, 4) is 0 Å². The Hall–Kier alpha value is -2.59. The van der Waals surface area contributed by atoms with Crippen molar-refractivity contribution in [1.29, 1.82) is 0 Å². The highest BCUT2D eigenvalue weighted by atomic mass is 79.9. The average molecular weight is 536 g/mol. The molecule has 8 nitrogen and oxygen atoms in total. The van der Waals surface area contributed by atoms with Gasteiger partial charge in [-0.3, -0.25) is 14.3 Å². The van der Waals surface area contributed by atoms with Gasteiger partial charge in [0.25, 0.3) is 5.91 Å². The summed E-state index contributed by atoms with van der Waals surface area (Å²) in [5.74, 6) is 0.194. The number of benzene rings is 1. The molecular weight excluding hydrogens is 516 g/mol. The smallest absolute Gasteiger partial charge is 0.267 e. The van der Waals surface area contributed by atoms with Gasteiger partial charge in [0.1, 0.15) is 12.2 Å². The van der Waals surface area contributed by atoms with Gasteiger partial charge in [0, 0.05) is 41.2 Å². The molecule has 0 saturated carbocycles. The fraction of sp³-hybridized carbons (Fsp3) is 0.250. The Morgan fingerprint density at radius 1 is 1.27 bits per heavy atom. The molecular formula is C20H20Br2N6O2. The van der Waals surface area contributed by atoms with Crippen LogP contribution in [0.5, 0.6) is 0 Å². The monoisotopic (exact) mass is 534 g/mol. The maximum Gasteiger partial charge on any atom is 0.267 e. The Morgan fingerprint density at radius 2 is 2.10 bits per heavy atom. The lowest BCUT2D eigenvalue weighted by molar-refractivity contribution is -0.131. The van der Waals surface area contributed by atoms with Crippen LogP contribution in [0.25, 0.3) is 10.9 Å². The van der Waals surface area contributed by atoms with Crippen LogP contribution < -0.4 is 11.1 Å². The highest BCUT2D eigenvalue weighted by Crippen LogP contribution is 2.20. The Kier molecular flexibility index (Phi) is 5.96. The molecule has 0 spiro atoms. The molecule has 0 unspecified atom stereocenters. The van der Waals surface area contributed by atoms with E-state index in [4.69, 9.17) is 5.73 Å². The number of carbonyl (C=O) groups is 2. The third-order valence-corrected chi connectivity index (χ3v) is 6.11. The molecule has 0 fully saturated rings. The summed E-state index contributed by atoms with van der Waals surface area (Å²) in [6, 6.07) is 7.68. The number of H-pyrrole nitrogens is 1. The molecule has 1 aliphatic rings. The zero-order chi connectivity index (χ0) is 21.3. The van der Waals surface area contributed by atoms with Gasteiger partial charge in [-0.05, 0) is 40.5 Å². The van der Waals surface area contributed by atoms with Gasteiger partial charge < -0.3 is 20.9 Å². The first-order chi connectivity index (χ1) is 14.4. The average Bonchev–Trinajstić information content (AvgIpc) is 3.28. The van der Waals surface area contributed by atoms with Crippen molar-refractivity contribution >= 4 is 60.4 Å². The lowest BCUT2D eigenvalue weighted by Gasteiger charge is -2.26. The summed E-state index contributed by atoms with van der Waals surface area (Å²) >= 11 is 6.72. The van der Waals surface area contributed by atoms with E-state index in [1.54, 1.807) is 11.1 Å². The maximum atomic E-state index is 12.5. The molecule has 0 bridgehead atoms. The van der Waals surface area contributed by atoms with E-state index in [2.05, 4.69) is 47.3 Å². The van der Waals surface area contributed by atoms with Crippen LogP contribution in [0.3, 0.4) is 0 Å². The fourth-order valence-electron chi connectivity index (χ4n) is 3.34. The number of hydrogen-bond acceptors (Lipinski definition) is 4. The van der Waals surface area contributed by atoms with E-state index in [0.29, 0.717) is 35.6 Å². The molecule has 0 atom stereocenters. The molecule has 30 heavy (non-hydrogen) atoms. The van der Waals surface area contributed by atoms with Gasteiger partial charge in [-0.15, -0.1) is 0 Å². The van der Waals surface area contributed by atoms with Crippen LogP contribution in [0.4, 0.5) is 5.82 Å². The molecule has 10 heteroatoms. The van der Waals surface area contributed by atoms with E-state index in [1.807, 2.05) is 30.3 Å². The van der Waals surface area contributed by atoms with Crippen LogP contribution in [0, 0.1) is 0 Å². The molecule has 0 radical (unpaired) electrons. The topological polar surface area (TPSA) is 109 Å². The molecule has 4 rings (SSSR count). The summed E-state index contributed by atoms with van der Waals surface area (Å²) in [5, 5.41) is 8.03. The van der Waals surface area contributed by atoms with Gasteiger partial charge in [-0.2, -0.15) is 5.10 Å². The molecule has 0 aliphatic carbocycles. The number of nitrogen functional groups attached to an aromatic ring is 1. The molecule has 3 aromatic rings. The van der Waals surface area contributed by atoms with Crippen molar-refractivity contribution in [2.24, 2.45) is 0 Å². The van der Waals surface area contributed by atoms with Gasteiger partial charge in [-0.1, -0.05) is 33.6 Å². The highest BCUT2D eigenvalue weighted by Gasteiger charge is 2.19. The molecule has 4 N–H and O–H groups in total. The first kappa shape index (κ1) is 20.7. The fourth-order valence-corrected chi connectivity index (χ4v) is 4.02. The Labute approximate surface area is 189 Å². The SMILES string of the molecule is Nc1nn(CC(=O)N2CC=C(CNC(=O)c3cc4ccc(Br)cc4[nH]3)CC2)cc1Br. The first-order valence-corrected chi connectivity index (χ1v) is 11.0. The van der Waals surface area contributed by atoms with E-state index in [1.165, 1.54) is 4.68 Å².